The smallest absolute Gasteiger partial charge is 0.339 e. The highest BCUT2D eigenvalue weighted by Gasteiger charge is 2.22. The summed E-state index contributed by atoms with van der Waals surface area (Å²) in [6.45, 7) is 4.13. The zero-order valence-corrected chi connectivity index (χ0v) is 12.5. The van der Waals surface area contributed by atoms with Gasteiger partial charge in [0.05, 0.1) is 11.9 Å². The van der Waals surface area contributed by atoms with Gasteiger partial charge in [-0.2, -0.15) is 5.10 Å². The van der Waals surface area contributed by atoms with Gasteiger partial charge in [-0.25, -0.2) is 9.78 Å². The van der Waals surface area contributed by atoms with E-state index in [1.807, 2.05) is 18.2 Å². The lowest BCUT2D eigenvalue weighted by molar-refractivity contribution is 0.0694. The first kappa shape index (κ1) is 14.5. The van der Waals surface area contributed by atoms with Crippen molar-refractivity contribution in [3.05, 3.63) is 41.9 Å². The number of piperazine rings is 1. The Kier molecular flexibility index (Phi) is 4.06. The number of anilines is 1. The van der Waals surface area contributed by atoms with Gasteiger partial charge in [-0.1, -0.05) is 6.07 Å². The summed E-state index contributed by atoms with van der Waals surface area (Å²) in [4.78, 5) is 20.1. The Labute approximate surface area is 128 Å². The maximum atomic E-state index is 11.2. The second-order valence-corrected chi connectivity index (χ2v) is 5.38. The number of nitrogens with zero attached hydrogens (tertiary/aromatic N) is 5. The lowest BCUT2D eigenvalue weighted by atomic mass is 10.2. The van der Waals surface area contributed by atoms with Crippen LogP contribution in [0.3, 0.4) is 0 Å². The van der Waals surface area contributed by atoms with Crippen molar-refractivity contribution in [2.24, 2.45) is 7.05 Å². The van der Waals surface area contributed by atoms with E-state index in [1.54, 1.807) is 17.9 Å². The molecule has 22 heavy (non-hydrogen) atoms. The van der Waals surface area contributed by atoms with Crippen molar-refractivity contribution in [2.45, 2.75) is 6.54 Å². The molecule has 116 valence electrons. The van der Waals surface area contributed by atoms with Gasteiger partial charge in [0.25, 0.3) is 0 Å². The van der Waals surface area contributed by atoms with E-state index in [2.05, 4.69) is 19.9 Å². The van der Waals surface area contributed by atoms with Crippen LogP contribution in [0.1, 0.15) is 16.1 Å². The van der Waals surface area contributed by atoms with E-state index in [1.165, 1.54) is 6.20 Å². The first-order chi connectivity index (χ1) is 10.6. The predicted molar refractivity (Wildman–Crippen MR) is 81.9 cm³/mol. The third kappa shape index (κ3) is 2.94. The molecular weight excluding hydrogens is 282 g/mol. The van der Waals surface area contributed by atoms with Crippen LogP contribution in [-0.2, 0) is 13.6 Å². The van der Waals surface area contributed by atoms with Crippen LogP contribution in [0, 0.1) is 0 Å². The Bertz CT molecular complexity index is 647. The summed E-state index contributed by atoms with van der Waals surface area (Å²) in [6, 6.07) is 5.92. The molecular formula is C15H19N5O2. The van der Waals surface area contributed by atoms with E-state index in [-0.39, 0.29) is 5.56 Å². The molecule has 0 atom stereocenters. The molecule has 1 saturated heterocycles. The number of pyridine rings is 1. The van der Waals surface area contributed by atoms with Crippen LogP contribution in [-0.4, -0.2) is 56.9 Å². The Morgan fingerprint density at radius 1 is 1.27 bits per heavy atom. The highest BCUT2D eigenvalue weighted by Crippen LogP contribution is 2.16. The van der Waals surface area contributed by atoms with Crippen LogP contribution in [0.4, 0.5) is 5.82 Å². The molecule has 7 nitrogen and oxygen atoms in total. The molecule has 0 saturated carbocycles. The maximum Gasteiger partial charge on any atom is 0.339 e. The molecule has 0 aromatic carbocycles. The minimum Gasteiger partial charge on any atom is -0.478 e. The van der Waals surface area contributed by atoms with E-state index < -0.39 is 5.97 Å². The normalized spacial score (nSPS) is 16.0. The fourth-order valence-electron chi connectivity index (χ4n) is 2.72. The molecule has 0 spiro atoms. The number of carboxylic acids is 1. The van der Waals surface area contributed by atoms with Gasteiger partial charge in [-0.15, -0.1) is 0 Å². The molecule has 0 aliphatic carbocycles. The SMILES string of the molecule is Cn1ncc(C(=O)O)c1CN1CCN(c2ccccn2)CC1. The zero-order valence-electron chi connectivity index (χ0n) is 12.5. The predicted octanol–water partition coefficient (Wildman–Crippen LogP) is 0.835. The van der Waals surface area contributed by atoms with Crippen molar-refractivity contribution in [1.29, 1.82) is 0 Å². The Morgan fingerprint density at radius 2 is 2.05 bits per heavy atom. The minimum absolute atomic E-state index is 0.287. The molecule has 1 aliphatic rings. The molecule has 2 aromatic rings. The summed E-state index contributed by atoms with van der Waals surface area (Å²) in [6.07, 6.45) is 3.22. The lowest BCUT2D eigenvalue weighted by Crippen LogP contribution is -2.46. The molecule has 3 rings (SSSR count). The third-order valence-electron chi connectivity index (χ3n) is 4.01. The molecule has 0 radical (unpaired) electrons. The molecule has 2 aromatic heterocycles. The van der Waals surface area contributed by atoms with E-state index in [4.69, 9.17) is 0 Å². The van der Waals surface area contributed by atoms with Gasteiger partial charge in [-0.3, -0.25) is 9.58 Å². The van der Waals surface area contributed by atoms with E-state index >= 15 is 0 Å². The number of aromatic carboxylic acids is 1. The number of carboxylic acid groups (broad SMARTS) is 1. The van der Waals surface area contributed by atoms with Crippen LogP contribution in [0.25, 0.3) is 0 Å². The van der Waals surface area contributed by atoms with Crippen LogP contribution < -0.4 is 4.90 Å². The van der Waals surface area contributed by atoms with Crippen molar-refractivity contribution < 1.29 is 9.90 Å². The van der Waals surface area contributed by atoms with Crippen LogP contribution in [0.5, 0.6) is 0 Å². The molecule has 7 heteroatoms. The van der Waals surface area contributed by atoms with Crippen LogP contribution in [0.2, 0.25) is 0 Å². The largest absolute Gasteiger partial charge is 0.478 e. The maximum absolute atomic E-state index is 11.2. The van der Waals surface area contributed by atoms with Crippen molar-refractivity contribution in [3.63, 3.8) is 0 Å². The number of aromatic nitrogens is 3. The minimum atomic E-state index is -0.921. The van der Waals surface area contributed by atoms with Crippen molar-refractivity contribution in [1.82, 2.24) is 19.7 Å². The summed E-state index contributed by atoms with van der Waals surface area (Å²) in [5, 5.41) is 13.3. The van der Waals surface area contributed by atoms with Crippen LogP contribution in [0.15, 0.2) is 30.6 Å². The summed E-state index contributed by atoms with van der Waals surface area (Å²) >= 11 is 0. The second kappa shape index (κ2) is 6.15. The molecule has 1 aliphatic heterocycles. The van der Waals surface area contributed by atoms with Gasteiger partial charge in [-0.05, 0) is 12.1 Å². The van der Waals surface area contributed by atoms with Gasteiger partial charge >= 0.3 is 5.97 Å². The fraction of sp³-hybridized carbons (Fsp3) is 0.400. The highest BCUT2D eigenvalue weighted by atomic mass is 16.4. The number of hydrogen-bond donors (Lipinski definition) is 1. The van der Waals surface area contributed by atoms with E-state index in [9.17, 15) is 9.90 Å². The fourth-order valence-corrected chi connectivity index (χ4v) is 2.72. The molecule has 1 fully saturated rings. The van der Waals surface area contributed by atoms with Gasteiger partial charge in [0.2, 0.25) is 0 Å². The van der Waals surface area contributed by atoms with Crippen LogP contribution >= 0.6 is 0 Å². The average Bonchev–Trinajstić information content (AvgIpc) is 2.90. The third-order valence-corrected chi connectivity index (χ3v) is 4.01. The first-order valence-corrected chi connectivity index (χ1v) is 7.27. The summed E-state index contributed by atoms with van der Waals surface area (Å²) < 4.78 is 1.65. The summed E-state index contributed by atoms with van der Waals surface area (Å²) in [5.41, 5.74) is 1.04. The number of hydrogen-bond acceptors (Lipinski definition) is 5. The standard InChI is InChI=1S/C15H19N5O2/c1-18-13(12(10-17-18)15(21)22)11-19-6-8-20(9-7-19)14-4-2-3-5-16-14/h2-5,10H,6-9,11H2,1H3,(H,21,22). The summed E-state index contributed by atoms with van der Waals surface area (Å²) in [7, 11) is 1.78. The number of carbonyl (C=O) groups is 1. The van der Waals surface area contributed by atoms with Crippen molar-refractivity contribution in [2.75, 3.05) is 31.1 Å². The van der Waals surface area contributed by atoms with Gasteiger partial charge in [0.1, 0.15) is 11.4 Å². The van der Waals surface area contributed by atoms with Crippen molar-refractivity contribution >= 4 is 11.8 Å². The monoisotopic (exact) mass is 301 g/mol. The lowest BCUT2D eigenvalue weighted by Gasteiger charge is -2.35. The molecule has 0 bridgehead atoms. The average molecular weight is 301 g/mol. The van der Waals surface area contributed by atoms with E-state index in [0.29, 0.717) is 6.54 Å². The number of aryl methyl sites for hydroxylation is 1. The highest BCUT2D eigenvalue weighted by molar-refractivity contribution is 5.88. The summed E-state index contributed by atoms with van der Waals surface area (Å²) in [5.74, 6) is 0.0733. The first-order valence-electron chi connectivity index (χ1n) is 7.27. The van der Waals surface area contributed by atoms with E-state index in [0.717, 1.165) is 37.7 Å². The second-order valence-electron chi connectivity index (χ2n) is 5.38. The van der Waals surface area contributed by atoms with Gasteiger partial charge in [0.15, 0.2) is 0 Å². The Hall–Kier alpha value is -2.41. The molecule has 1 N–H and O–H groups in total. The Balaban J connectivity index is 1.63. The zero-order chi connectivity index (χ0) is 15.5. The number of rotatable bonds is 4. The molecule has 0 amide bonds. The van der Waals surface area contributed by atoms with Crippen molar-refractivity contribution in [3.8, 4) is 0 Å². The quantitative estimate of drug-likeness (QED) is 0.902. The van der Waals surface area contributed by atoms with Gasteiger partial charge < -0.3 is 10.0 Å². The molecule has 3 heterocycles. The van der Waals surface area contributed by atoms with Gasteiger partial charge in [0, 0.05) is 46.0 Å². The Morgan fingerprint density at radius 3 is 2.68 bits per heavy atom. The topological polar surface area (TPSA) is 74.5 Å². The molecule has 0 unspecified atom stereocenters.